The van der Waals surface area contributed by atoms with Crippen LogP contribution in [0.5, 0.6) is 0 Å². The van der Waals surface area contributed by atoms with E-state index in [0.29, 0.717) is 11.1 Å². The number of nitrogens with one attached hydrogen (secondary N) is 1. The first-order valence-electron chi connectivity index (χ1n) is 8.59. The van der Waals surface area contributed by atoms with Crippen LogP contribution in [0.4, 0.5) is 5.69 Å². The summed E-state index contributed by atoms with van der Waals surface area (Å²) in [6.45, 7) is 4.16. The van der Waals surface area contributed by atoms with Crippen molar-refractivity contribution >= 4 is 17.8 Å². The molecule has 2 aromatic carbocycles. The fourth-order valence-electron chi connectivity index (χ4n) is 2.73. The Labute approximate surface area is 156 Å². The van der Waals surface area contributed by atoms with Gasteiger partial charge in [-0.15, -0.1) is 0 Å². The Morgan fingerprint density at radius 3 is 2.67 bits per heavy atom. The maximum atomic E-state index is 12.2. The number of hydrazone groups is 1. The summed E-state index contributed by atoms with van der Waals surface area (Å²) in [7, 11) is 0. The number of ether oxygens (including phenoxy) is 1. The largest absolute Gasteiger partial charge is 0.379 e. The van der Waals surface area contributed by atoms with Crippen LogP contribution in [0.1, 0.15) is 21.5 Å². The zero-order chi connectivity index (χ0) is 19.1. The Balaban J connectivity index is 1.54. The lowest BCUT2D eigenvalue weighted by atomic mass is 10.1. The SMILES string of the molecule is O=C(NN=Cc1cccc([N+](=O)[O-])c1)c1ccc(CN2CCOCC2)cc1. The van der Waals surface area contributed by atoms with Crippen molar-refractivity contribution in [3.8, 4) is 0 Å². The highest BCUT2D eigenvalue weighted by atomic mass is 16.6. The molecule has 1 fully saturated rings. The first-order chi connectivity index (χ1) is 13.1. The lowest BCUT2D eigenvalue weighted by molar-refractivity contribution is -0.384. The number of nitro groups is 1. The average Bonchev–Trinajstić information content (AvgIpc) is 2.69. The molecule has 0 radical (unpaired) electrons. The van der Waals surface area contributed by atoms with Gasteiger partial charge in [0.1, 0.15) is 0 Å². The van der Waals surface area contributed by atoms with Gasteiger partial charge in [-0.3, -0.25) is 19.8 Å². The standard InChI is InChI=1S/C19H20N4O4/c24-19(21-20-13-16-2-1-3-18(12-16)23(25)26)17-6-4-15(5-7-17)14-22-8-10-27-11-9-22/h1-7,12-13H,8-11,14H2,(H,21,24). The van der Waals surface area contributed by atoms with Gasteiger partial charge >= 0.3 is 0 Å². The molecule has 0 bridgehead atoms. The number of non-ortho nitro benzene ring substituents is 1. The van der Waals surface area contributed by atoms with E-state index in [-0.39, 0.29) is 11.6 Å². The number of carbonyl (C=O) groups excluding carboxylic acids is 1. The highest BCUT2D eigenvalue weighted by Crippen LogP contribution is 2.12. The van der Waals surface area contributed by atoms with Gasteiger partial charge in [0.2, 0.25) is 0 Å². The molecule has 1 aliphatic rings. The van der Waals surface area contributed by atoms with Crippen molar-refractivity contribution in [2.24, 2.45) is 5.10 Å². The number of amides is 1. The summed E-state index contributed by atoms with van der Waals surface area (Å²) in [6, 6.07) is 13.4. The summed E-state index contributed by atoms with van der Waals surface area (Å²) in [4.78, 5) is 24.7. The van der Waals surface area contributed by atoms with Crippen molar-refractivity contribution in [1.29, 1.82) is 0 Å². The maximum absolute atomic E-state index is 12.2. The molecule has 1 N–H and O–H groups in total. The molecule has 2 aromatic rings. The number of morpholine rings is 1. The van der Waals surface area contributed by atoms with Gasteiger partial charge in [0.05, 0.1) is 24.4 Å². The third-order valence-electron chi connectivity index (χ3n) is 4.19. The van der Waals surface area contributed by atoms with E-state index in [1.807, 2.05) is 12.1 Å². The molecular formula is C19H20N4O4. The normalized spacial score (nSPS) is 15.0. The monoisotopic (exact) mass is 368 g/mol. The average molecular weight is 368 g/mol. The van der Waals surface area contributed by atoms with Gasteiger partial charge < -0.3 is 4.74 Å². The Hall–Kier alpha value is -3.10. The van der Waals surface area contributed by atoms with E-state index in [4.69, 9.17) is 4.74 Å². The molecule has 1 amide bonds. The predicted octanol–water partition coefficient (Wildman–Crippen LogP) is 2.19. The van der Waals surface area contributed by atoms with Crippen LogP contribution < -0.4 is 5.43 Å². The molecule has 8 nitrogen and oxygen atoms in total. The van der Waals surface area contributed by atoms with Gasteiger partial charge in [0.25, 0.3) is 11.6 Å². The smallest absolute Gasteiger partial charge is 0.271 e. The lowest BCUT2D eigenvalue weighted by Gasteiger charge is -2.26. The third-order valence-corrected chi connectivity index (χ3v) is 4.19. The molecule has 8 heteroatoms. The van der Waals surface area contributed by atoms with Crippen LogP contribution in [-0.2, 0) is 11.3 Å². The number of carbonyl (C=O) groups is 1. The van der Waals surface area contributed by atoms with E-state index in [2.05, 4.69) is 15.4 Å². The fraction of sp³-hybridized carbons (Fsp3) is 0.263. The minimum absolute atomic E-state index is 0.0267. The van der Waals surface area contributed by atoms with E-state index in [0.717, 1.165) is 38.4 Å². The van der Waals surface area contributed by atoms with E-state index < -0.39 is 4.92 Å². The molecule has 3 rings (SSSR count). The van der Waals surface area contributed by atoms with Gasteiger partial charge in [0, 0.05) is 42.9 Å². The van der Waals surface area contributed by atoms with E-state index in [1.54, 1.807) is 24.3 Å². The molecule has 0 aliphatic carbocycles. The molecule has 27 heavy (non-hydrogen) atoms. The molecule has 1 saturated heterocycles. The zero-order valence-electron chi connectivity index (χ0n) is 14.7. The molecule has 1 aliphatic heterocycles. The molecule has 0 atom stereocenters. The van der Waals surface area contributed by atoms with Gasteiger partial charge in [-0.25, -0.2) is 5.43 Å². The molecule has 1 heterocycles. The van der Waals surface area contributed by atoms with Crippen LogP contribution in [0.25, 0.3) is 0 Å². The number of nitrogens with zero attached hydrogens (tertiary/aromatic N) is 3. The number of benzene rings is 2. The highest BCUT2D eigenvalue weighted by Gasteiger charge is 2.11. The highest BCUT2D eigenvalue weighted by molar-refractivity contribution is 5.94. The first-order valence-corrected chi connectivity index (χ1v) is 8.59. The van der Waals surface area contributed by atoms with Gasteiger partial charge in [-0.2, -0.15) is 5.10 Å². The summed E-state index contributed by atoms with van der Waals surface area (Å²) >= 11 is 0. The zero-order valence-corrected chi connectivity index (χ0v) is 14.7. The minimum atomic E-state index is -0.478. The Bertz CT molecular complexity index is 830. The second-order valence-corrected chi connectivity index (χ2v) is 6.14. The predicted molar refractivity (Wildman–Crippen MR) is 101 cm³/mol. The van der Waals surface area contributed by atoms with Crippen molar-refractivity contribution in [3.05, 3.63) is 75.3 Å². The third kappa shape index (κ3) is 5.44. The lowest BCUT2D eigenvalue weighted by Crippen LogP contribution is -2.35. The quantitative estimate of drug-likeness (QED) is 0.479. The molecule has 0 aromatic heterocycles. The first kappa shape index (κ1) is 18.7. The van der Waals surface area contributed by atoms with Crippen LogP contribution in [-0.4, -0.2) is 48.2 Å². The Morgan fingerprint density at radius 2 is 1.96 bits per heavy atom. The number of nitro benzene ring substituents is 1. The molecular weight excluding hydrogens is 348 g/mol. The number of hydrogen-bond acceptors (Lipinski definition) is 6. The van der Waals surface area contributed by atoms with Crippen molar-refractivity contribution < 1.29 is 14.5 Å². The fourth-order valence-corrected chi connectivity index (χ4v) is 2.73. The van der Waals surface area contributed by atoms with Gasteiger partial charge in [-0.05, 0) is 17.7 Å². The molecule has 0 saturated carbocycles. The maximum Gasteiger partial charge on any atom is 0.271 e. The van der Waals surface area contributed by atoms with E-state index >= 15 is 0 Å². The Kier molecular flexibility index (Phi) is 6.24. The van der Waals surface area contributed by atoms with Crippen molar-refractivity contribution in [1.82, 2.24) is 10.3 Å². The van der Waals surface area contributed by atoms with Crippen molar-refractivity contribution in [2.75, 3.05) is 26.3 Å². The van der Waals surface area contributed by atoms with Gasteiger partial charge in [-0.1, -0.05) is 24.3 Å². The summed E-state index contributed by atoms with van der Waals surface area (Å²) in [5.74, 6) is -0.338. The minimum Gasteiger partial charge on any atom is -0.379 e. The molecule has 0 spiro atoms. The van der Waals surface area contributed by atoms with Crippen LogP contribution in [0, 0.1) is 10.1 Å². The summed E-state index contributed by atoms with van der Waals surface area (Å²) in [5.41, 5.74) is 4.57. The van der Waals surface area contributed by atoms with Crippen LogP contribution >= 0.6 is 0 Å². The second kappa shape index (κ2) is 9.02. The van der Waals surface area contributed by atoms with E-state index in [9.17, 15) is 14.9 Å². The van der Waals surface area contributed by atoms with Crippen molar-refractivity contribution in [2.45, 2.75) is 6.54 Å². The summed E-state index contributed by atoms with van der Waals surface area (Å²) < 4.78 is 5.33. The van der Waals surface area contributed by atoms with Crippen LogP contribution in [0.3, 0.4) is 0 Å². The number of hydrogen-bond donors (Lipinski definition) is 1. The van der Waals surface area contributed by atoms with E-state index in [1.165, 1.54) is 18.3 Å². The van der Waals surface area contributed by atoms with Crippen molar-refractivity contribution in [3.63, 3.8) is 0 Å². The van der Waals surface area contributed by atoms with Gasteiger partial charge in [0.15, 0.2) is 0 Å². The molecule has 0 unspecified atom stereocenters. The van der Waals surface area contributed by atoms with Crippen LogP contribution in [0.15, 0.2) is 53.6 Å². The number of rotatable bonds is 6. The van der Waals surface area contributed by atoms with Crippen LogP contribution in [0.2, 0.25) is 0 Å². The Morgan fingerprint density at radius 1 is 1.22 bits per heavy atom. The topological polar surface area (TPSA) is 97.1 Å². The molecule has 140 valence electrons. The second-order valence-electron chi connectivity index (χ2n) is 6.14. The summed E-state index contributed by atoms with van der Waals surface area (Å²) in [5, 5.41) is 14.6. The summed E-state index contributed by atoms with van der Waals surface area (Å²) in [6.07, 6.45) is 1.37.